The van der Waals surface area contributed by atoms with Crippen molar-refractivity contribution in [3.05, 3.63) is 36.9 Å². The number of ether oxygens (including phenoxy) is 1. The molecule has 2 nitrogen and oxygen atoms in total. The van der Waals surface area contributed by atoms with Crippen LogP contribution in [-0.2, 0) is 0 Å². The first-order valence-corrected chi connectivity index (χ1v) is 4.49. The van der Waals surface area contributed by atoms with E-state index in [1.165, 1.54) is 5.69 Å². The smallest absolute Gasteiger partial charge is 0.142 e. The highest BCUT2D eigenvalue weighted by Gasteiger charge is 2.15. The molecular formula is C11H13NO. The summed E-state index contributed by atoms with van der Waals surface area (Å²) in [5.41, 5.74) is 1.17. The summed E-state index contributed by atoms with van der Waals surface area (Å²) in [5, 5.41) is 0. The first-order valence-electron chi connectivity index (χ1n) is 4.49. The molecule has 1 heterocycles. The van der Waals surface area contributed by atoms with Gasteiger partial charge in [-0.3, -0.25) is 0 Å². The number of benzene rings is 1. The molecule has 2 rings (SSSR count). The molecule has 1 aromatic rings. The summed E-state index contributed by atoms with van der Waals surface area (Å²) < 4.78 is 5.52. The summed E-state index contributed by atoms with van der Waals surface area (Å²) in [5.74, 6) is 0.982. The SMILES string of the molecule is C=CCN1CCOc2ccccc21. The van der Waals surface area contributed by atoms with Gasteiger partial charge in [0.25, 0.3) is 0 Å². The van der Waals surface area contributed by atoms with Crippen molar-refractivity contribution in [3.8, 4) is 5.75 Å². The normalized spacial score (nSPS) is 14.6. The molecule has 0 radical (unpaired) electrons. The lowest BCUT2D eigenvalue weighted by molar-refractivity contribution is 0.309. The van der Waals surface area contributed by atoms with E-state index in [0.29, 0.717) is 0 Å². The molecule has 0 aliphatic carbocycles. The van der Waals surface area contributed by atoms with Crippen LogP contribution in [0.1, 0.15) is 0 Å². The lowest BCUT2D eigenvalue weighted by Crippen LogP contribution is -2.32. The number of anilines is 1. The molecule has 0 amide bonds. The minimum atomic E-state index is 0.769. The predicted molar refractivity (Wildman–Crippen MR) is 54.3 cm³/mol. The maximum atomic E-state index is 5.52. The molecule has 0 bridgehead atoms. The summed E-state index contributed by atoms with van der Waals surface area (Å²) in [4.78, 5) is 2.27. The Hall–Kier alpha value is -1.44. The zero-order valence-electron chi connectivity index (χ0n) is 7.57. The predicted octanol–water partition coefficient (Wildman–Crippen LogP) is 2.07. The average Bonchev–Trinajstić information content (AvgIpc) is 2.19. The molecule has 0 saturated heterocycles. The molecule has 0 atom stereocenters. The first-order chi connectivity index (χ1) is 6.42. The van der Waals surface area contributed by atoms with E-state index in [2.05, 4.69) is 17.5 Å². The van der Waals surface area contributed by atoms with Gasteiger partial charge in [0.1, 0.15) is 12.4 Å². The van der Waals surface area contributed by atoms with Crippen LogP contribution < -0.4 is 9.64 Å². The molecule has 2 heteroatoms. The Balaban J connectivity index is 2.31. The van der Waals surface area contributed by atoms with Gasteiger partial charge in [-0.2, -0.15) is 0 Å². The number of nitrogens with zero attached hydrogens (tertiary/aromatic N) is 1. The molecule has 0 aromatic heterocycles. The van der Waals surface area contributed by atoms with Gasteiger partial charge >= 0.3 is 0 Å². The molecule has 1 aliphatic rings. The number of fused-ring (bicyclic) bond motifs is 1. The number of para-hydroxylation sites is 2. The van der Waals surface area contributed by atoms with E-state index in [4.69, 9.17) is 4.74 Å². The standard InChI is InChI=1S/C11H13NO/c1-2-7-12-8-9-13-11-6-4-3-5-10(11)12/h2-6H,1,7-9H2. The van der Waals surface area contributed by atoms with Crippen LogP contribution in [0, 0.1) is 0 Å². The highest BCUT2D eigenvalue weighted by Crippen LogP contribution is 2.30. The van der Waals surface area contributed by atoms with E-state index >= 15 is 0 Å². The summed E-state index contributed by atoms with van der Waals surface area (Å²) in [7, 11) is 0. The van der Waals surface area contributed by atoms with E-state index in [-0.39, 0.29) is 0 Å². The van der Waals surface area contributed by atoms with Crippen LogP contribution in [0.4, 0.5) is 5.69 Å². The number of hydrogen-bond acceptors (Lipinski definition) is 2. The second kappa shape index (κ2) is 3.52. The summed E-state index contributed by atoms with van der Waals surface area (Å²) in [6.45, 7) is 6.35. The van der Waals surface area contributed by atoms with Gasteiger partial charge in [0.2, 0.25) is 0 Å². The third kappa shape index (κ3) is 1.52. The van der Waals surface area contributed by atoms with Crippen LogP contribution in [0.2, 0.25) is 0 Å². The Morgan fingerprint density at radius 3 is 3.15 bits per heavy atom. The van der Waals surface area contributed by atoms with Crippen LogP contribution in [0.3, 0.4) is 0 Å². The van der Waals surface area contributed by atoms with Crippen molar-refractivity contribution in [2.75, 3.05) is 24.6 Å². The summed E-state index contributed by atoms with van der Waals surface area (Å²) >= 11 is 0. The maximum absolute atomic E-state index is 5.52. The Morgan fingerprint density at radius 1 is 1.46 bits per heavy atom. The largest absolute Gasteiger partial charge is 0.490 e. The summed E-state index contributed by atoms with van der Waals surface area (Å²) in [6, 6.07) is 8.11. The Labute approximate surface area is 78.4 Å². The van der Waals surface area contributed by atoms with Crippen LogP contribution in [0.25, 0.3) is 0 Å². The van der Waals surface area contributed by atoms with Crippen LogP contribution in [0.15, 0.2) is 36.9 Å². The molecule has 1 aliphatic heterocycles. The first kappa shape index (κ1) is 8.17. The zero-order valence-corrected chi connectivity index (χ0v) is 7.57. The topological polar surface area (TPSA) is 12.5 Å². The van der Waals surface area contributed by atoms with Gasteiger partial charge in [0.15, 0.2) is 0 Å². The fourth-order valence-electron chi connectivity index (χ4n) is 1.57. The Bertz CT molecular complexity index is 309. The second-order valence-electron chi connectivity index (χ2n) is 3.05. The Morgan fingerprint density at radius 2 is 2.31 bits per heavy atom. The lowest BCUT2D eigenvalue weighted by atomic mass is 10.2. The van der Waals surface area contributed by atoms with Crippen molar-refractivity contribution in [1.82, 2.24) is 0 Å². The quantitative estimate of drug-likeness (QED) is 0.638. The monoisotopic (exact) mass is 175 g/mol. The van der Waals surface area contributed by atoms with Crippen molar-refractivity contribution >= 4 is 5.69 Å². The van der Waals surface area contributed by atoms with E-state index in [1.807, 2.05) is 24.3 Å². The van der Waals surface area contributed by atoms with Crippen LogP contribution >= 0.6 is 0 Å². The van der Waals surface area contributed by atoms with Gasteiger partial charge in [0.05, 0.1) is 12.2 Å². The fourth-order valence-corrected chi connectivity index (χ4v) is 1.57. The van der Waals surface area contributed by atoms with Crippen molar-refractivity contribution in [3.63, 3.8) is 0 Å². The van der Waals surface area contributed by atoms with Gasteiger partial charge in [-0.05, 0) is 12.1 Å². The fraction of sp³-hybridized carbons (Fsp3) is 0.273. The molecule has 0 saturated carbocycles. The molecular weight excluding hydrogens is 162 g/mol. The van der Waals surface area contributed by atoms with E-state index < -0.39 is 0 Å². The average molecular weight is 175 g/mol. The summed E-state index contributed by atoms with van der Waals surface area (Å²) in [6.07, 6.45) is 1.92. The van der Waals surface area contributed by atoms with Gasteiger partial charge < -0.3 is 9.64 Å². The van der Waals surface area contributed by atoms with E-state index in [0.717, 1.165) is 25.4 Å². The van der Waals surface area contributed by atoms with Gasteiger partial charge in [0, 0.05) is 6.54 Å². The van der Waals surface area contributed by atoms with Crippen molar-refractivity contribution < 1.29 is 4.74 Å². The number of rotatable bonds is 2. The van der Waals surface area contributed by atoms with Gasteiger partial charge in [-0.25, -0.2) is 0 Å². The minimum Gasteiger partial charge on any atom is -0.490 e. The third-order valence-electron chi connectivity index (χ3n) is 2.17. The minimum absolute atomic E-state index is 0.769. The van der Waals surface area contributed by atoms with Crippen molar-refractivity contribution in [2.24, 2.45) is 0 Å². The van der Waals surface area contributed by atoms with Gasteiger partial charge in [-0.1, -0.05) is 18.2 Å². The Kier molecular flexibility index (Phi) is 2.21. The molecule has 0 unspecified atom stereocenters. The van der Waals surface area contributed by atoms with E-state index in [9.17, 15) is 0 Å². The van der Waals surface area contributed by atoms with Crippen LogP contribution in [-0.4, -0.2) is 19.7 Å². The van der Waals surface area contributed by atoms with Crippen molar-refractivity contribution in [2.45, 2.75) is 0 Å². The van der Waals surface area contributed by atoms with Crippen molar-refractivity contribution in [1.29, 1.82) is 0 Å². The van der Waals surface area contributed by atoms with E-state index in [1.54, 1.807) is 0 Å². The number of hydrogen-bond donors (Lipinski definition) is 0. The highest BCUT2D eigenvalue weighted by molar-refractivity contribution is 5.59. The zero-order chi connectivity index (χ0) is 9.10. The maximum Gasteiger partial charge on any atom is 0.142 e. The third-order valence-corrected chi connectivity index (χ3v) is 2.17. The highest BCUT2D eigenvalue weighted by atomic mass is 16.5. The molecule has 0 spiro atoms. The lowest BCUT2D eigenvalue weighted by Gasteiger charge is -2.30. The molecule has 0 N–H and O–H groups in total. The second-order valence-corrected chi connectivity index (χ2v) is 3.05. The molecule has 68 valence electrons. The molecule has 13 heavy (non-hydrogen) atoms. The molecule has 0 fully saturated rings. The molecule has 1 aromatic carbocycles. The van der Waals surface area contributed by atoms with Crippen LogP contribution in [0.5, 0.6) is 5.75 Å². The van der Waals surface area contributed by atoms with Gasteiger partial charge in [-0.15, -0.1) is 6.58 Å².